The number of halogens is 6. The molecule has 1 nitrogen and oxygen atoms in total. The zero-order valence-corrected chi connectivity index (χ0v) is 15.9. The Balaban J connectivity index is 2.53. The van der Waals surface area contributed by atoms with Gasteiger partial charge in [-0.25, -0.2) is 0 Å². The lowest BCUT2D eigenvalue weighted by Crippen LogP contribution is -2.13. The fourth-order valence-corrected chi connectivity index (χ4v) is 3.04. The number of rotatable bonds is 3. The summed E-state index contributed by atoms with van der Waals surface area (Å²) in [5, 5.41) is 0.120. The summed E-state index contributed by atoms with van der Waals surface area (Å²) in [6.45, 7) is 1.85. The fourth-order valence-electron chi connectivity index (χ4n) is 2.00. The molecule has 0 aromatic heterocycles. The first-order chi connectivity index (χ1) is 11.1. The Morgan fingerprint density at radius 3 is 2.12 bits per heavy atom. The Morgan fingerprint density at radius 1 is 1.04 bits per heavy atom. The number of carbonyl (C=O) groups excluding carboxylic acids is 1. The normalized spacial score (nSPS) is 12.4. The van der Waals surface area contributed by atoms with Gasteiger partial charge in [-0.2, -0.15) is 13.2 Å². The number of alkyl halides is 3. The molecule has 0 saturated heterocycles. The zero-order valence-electron chi connectivity index (χ0n) is 12.2. The molecule has 2 aromatic carbocycles. The zero-order chi connectivity index (χ0) is 18.1. The molecule has 0 bridgehead atoms. The van der Waals surface area contributed by atoms with Gasteiger partial charge in [0.25, 0.3) is 0 Å². The molecule has 0 N–H and O–H groups in total. The molecule has 126 valence electrons. The highest BCUT2D eigenvalue weighted by molar-refractivity contribution is 14.1. The maximum Gasteiger partial charge on any atom is 0.417 e. The van der Waals surface area contributed by atoms with Crippen LogP contribution in [0.2, 0.25) is 10.0 Å². The molecule has 0 unspecified atom stereocenters. The molecule has 0 saturated carbocycles. The highest BCUT2D eigenvalue weighted by Crippen LogP contribution is 2.36. The first-order valence-corrected chi connectivity index (χ1v) is 8.47. The minimum atomic E-state index is -4.72. The summed E-state index contributed by atoms with van der Waals surface area (Å²) in [4.78, 5) is 12.3. The molecular weight excluding hydrogens is 475 g/mol. The predicted octanol–water partition coefficient (Wildman–Crippen LogP) is 6.74. The molecule has 0 atom stereocenters. The highest BCUT2D eigenvalue weighted by atomic mass is 127. The second-order valence-corrected chi connectivity index (χ2v) is 7.08. The molecule has 7 heteroatoms. The van der Waals surface area contributed by atoms with Gasteiger partial charge in [-0.15, -0.1) is 0 Å². The Bertz CT molecular complexity index is 809. The van der Waals surface area contributed by atoms with E-state index in [1.807, 2.05) is 29.5 Å². The third kappa shape index (κ3) is 4.74. The van der Waals surface area contributed by atoms with Gasteiger partial charge in [0.15, 0.2) is 5.78 Å². The molecule has 0 spiro atoms. The lowest BCUT2D eigenvalue weighted by Gasteiger charge is -2.13. The minimum absolute atomic E-state index is 0.0602. The van der Waals surface area contributed by atoms with Crippen LogP contribution in [0.1, 0.15) is 21.5 Å². The van der Waals surface area contributed by atoms with Crippen molar-refractivity contribution in [3.8, 4) is 0 Å². The summed E-state index contributed by atoms with van der Waals surface area (Å²) < 4.78 is 40.9. The molecule has 0 heterocycles. The van der Waals surface area contributed by atoms with Crippen LogP contribution in [-0.2, 0) is 0 Å². The molecule has 2 aromatic rings. The van der Waals surface area contributed by atoms with E-state index in [9.17, 15) is 18.0 Å². The smallest absolute Gasteiger partial charge is 0.289 e. The standard InChI is InChI=1S/C17H10Cl2F3IO/c1-9-2-3-10(6-15(9)23)16(24)8-14(17(20,21)22)11-4-12(18)7-13(19)5-11/h2-8H,1H3. The first kappa shape index (κ1) is 19.3. The van der Waals surface area contributed by atoms with Crippen LogP contribution < -0.4 is 0 Å². The second-order valence-electron chi connectivity index (χ2n) is 5.04. The summed E-state index contributed by atoms with van der Waals surface area (Å²) in [5.74, 6) is -0.740. The van der Waals surface area contributed by atoms with Crippen molar-refractivity contribution in [2.75, 3.05) is 0 Å². The van der Waals surface area contributed by atoms with Gasteiger partial charge in [0.05, 0.1) is 5.57 Å². The van der Waals surface area contributed by atoms with Gasteiger partial charge in [0, 0.05) is 19.2 Å². The summed E-state index contributed by atoms with van der Waals surface area (Å²) in [5.41, 5.74) is -0.226. The van der Waals surface area contributed by atoms with E-state index in [0.717, 1.165) is 21.3 Å². The lowest BCUT2D eigenvalue weighted by atomic mass is 10.0. The van der Waals surface area contributed by atoms with Crippen molar-refractivity contribution in [1.29, 1.82) is 0 Å². The van der Waals surface area contributed by atoms with Crippen molar-refractivity contribution < 1.29 is 18.0 Å². The molecule has 0 radical (unpaired) electrons. The van der Waals surface area contributed by atoms with E-state index in [-0.39, 0.29) is 21.2 Å². The van der Waals surface area contributed by atoms with E-state index in [2.05, 4.69) is 0 Å². The number of benzene rings is 2. The van der Waals surface area contributed by atoms with Crippen LogP contribution in [0.3, 0.4) is 0 Å². The molecule has 0 aliphatic carbocycles. The van der Waals surface area contributed by atoms with E-state index in [0.29, 0.717) is 6.08 Å². The van der Waals surface area contributed by atoms with Crippen LogP contribution >= 0.6 is 45.8 Å². The van der Waals surface area contributed by atoms with Crippen LogP contribution in [0.5, 0.6) is 0 Å². The summed E-state index contributed by atoms with van der Waals surface area (Å²) in [6, 6.07) is 8.30. The number of allylic oxidation sites excluding steroid dienone is 2. The van der Waals surface area contributed by atoms with E-state index in [1.54, 1.807) is 12.1 Å². The topological polar surface area (TPSA) is 17.1 Å². The van der Waals surface area contributed by atoms with Gasteiger partial charge in [0.2, 0.25) is 0 Å². The molecule has 0 aliphatic rings. The van der Waals surface area contributed by atoms with Crippen molar-refractivity contribution in [3.63, 3.8) is 0 Å². The lowest BCUT2D eigenvalue weighted by molar-refractivity contribution is -0.0689. The summed E-state index contributed by atoms with van der Waals surface area (Å²) in [6.07, 6.45) is -4.15. The van der Waals surface area contributed by atoms with Crippen molar-refractivity contribution in [2.45, 2.75) is 13.1 Å². The van der Waals surface area contributed by atoms with Crippen molar-refractivity contribution in [3.05, 3.63) is 72.8 Å². The van der Waals surface area contributed by atoms with Crippen molar-refractivity contribution in [2.24, 2.45) is 0 Å². The Morgan fingerprint density at radius 2 is 1.62 bits per heavy atom. The van der Waals surface area contributed by atoms with Crippen molar-refractivity contribution >= 4 is 57.1 Å². The van der Waals surface area contributed by atoms with Gasteiger partial charge in [-0.1, -0.05) is 35.3 Å². The maximum atomic E-state index is 13.4. The van der Waals surface area contributed by atoms with E-state index >= 15 is 0 Å². The molecule has 0 aliphatic heterocycles. The van der Waals surface area contributed by atoms with E-state index < -0.39 is 17.5 Å². The van der Waals surface area contributed by atoms with Gasteiger partial charge in [0.1, 0.15) is 0 Å². The van der Waals surface area contributed by atoms with Gasteiger partial charge < -0.3 is 0 Å². The Hall–Kier alpha value is -1.05. The molecule has 0 fully saturated rings. The highest BCUT2D eigenvalue weighted by Gasteiger charge is 2.35. The van der Waals surface area contributed by atoms with Gasteiger partial charge in [-0.3, -0.25) is 4.79 Å². The fraction of sp³-hybridized carbons (Fsp3) is 0.118. The average molecular weight is 485 g/mol. The second kappa shape index (κ2) is 7.45. The third-order valence-electron chi connectivity index (χ3n) is 3.21. The molecule has 24 heavy (non-hydrogen) atoms. The average Bonchev–Trinajstić information content (AvgIpc) is 2.45. The number of carbonyl (C=O) groups is 1. The van der Waals surface area contributed by atoms with Crippen LogP contribution in [0.25, 0.3) is 5.57 Å². The summed E-state index contributed by atoms with van der Waals surface area (Å²) >= 11 is 13.6. The quantitative estimate of drug-likeness (QED) is 0.268. The number of hydrogen-bond acceptors (Lipinski definition) is 1. The van der Waals surface area contributed by atoms with Crippen molar-refractivity contribution in [1.82, 2.24) is 0 Å². The Kier molecular flexibility index (Phi) is 5.99. The van der Waals surface area contributed by atoms with E-state index in [4.69, 9.17) is 23.2 Å². The van der Waals surface area contributed by atoms with E-state index in [1.165, 1.54) is 12.1 Å². The number of aryl methyl sites for hydroxylation is 1. The maximum absolute atomic E-state index is 13.4. The number of ketones is 1. The molecule has 2 rings (SSSR count). The summed E-state index contributed by atoms with van der Waals surface area (Å²) in [7, 11) is 0. The molecule has 0 amide bonds. The Labute approximate surface area is 160 Å². The first-order valence-electron chi connectivity index (χ1n) is 6.64. The largest absolute Gasteiger partial charge is 0.417 e. The van der Waals surface area contributed by atoms with Crippen LogP contribution in [0, 0.1) is 10.5 Å². The van der Waals surface area contributed by atoms with Gasteiger partial charge >= 0.3 is 6.18 Å². The van der Waals surface area contributed by atoms with Crippen LogP contribution in [-0.4, -0.2) is 12.0 Å². The minimum Gasteiger partial charge on any atom is -0.289 e. The SMILES string of the molecule is Cc1ccc(C(=O)C=C(c2cc(Cl)cc(Cl)c2)C(F)(F)F)cc1I. The van der Waals surface area contributed by atoms with Gasteiger partial charge in [-0.05, 0) is 71.0 Å². The monoisotopic (exact) mass is 484 g/mol. The number of hydrogen-bond donors (Lipinski definition) is 0. The van der Waals surface area contributed by atoms with Crippen LogP contribution in [0.4, 0.5) is 13.2 Å². The van der Waals surface area contributed by atoms with Crippen LogP contribution in [0.15, 0.2) is 42.5 Å². The third-order valence-corrected chi connectivity index (χ3v) is 4.81. The predicted molar refractivity (Wildman–Crippen MR) is 98.7 cm³/mol. The molecular formula is C17H10Cl2F3IO.